The predicted octanol–water partition coefficient (Wildman–Crippen LogP) is 4.30. The third-order valence-electron chi connectivity index (χ3n) is 6.29. The first-order chi connectivity index (χ1) is 14.9. The zero-order chi connectivity index (χ0) is 21.8. The van der Waals surface area contributed by atoms with E-state index < -0.39 is 5.60 Å². The number of hydrogen-bond acceptors (Lipinski definition) is 5. The Morgan fingerprint density at radius 2 is 1.74 bits per heavy atom. The molecule has 31 heavy (non-hydrogen) atoms. The second kappa shape index (κ2) is 9.39. The van der Waals surface area contributed by atoms with Gasteiger partial charge in [0, 0.05) is 31.1 Å². The highest BCUT2D eigenvalue weighted by atomic mass is 16.6. The highest BCUT2D eigenvalue weighted by Crippen LogP contribution is 2.29. The molecule has 1 aromatic carbocycles. The molecule has 7 heteroatoms. The number of H-pyrrole nitrogens is 1. The molecule has 0 atom stereocenters. The standard InChI is InChI=1S/C24H35N5O2/c1-24(2,3)31-23(30)29-15-9-18(10-16-29)17-28-13-11-20(12-14-28)22-25-21(26-27-22)19-7-5-4-6-8-19/h4-8,18,20H,9-17H2,1-3H3,(H,25,26,27). The second-order valence-electron chi connectivity index (χ2n) is 9.90. The van der Waals surface area contributed by atoms with Gasteiger partial charge < -0.3 is 14.5 Å². The molecule has 1 amide bonds. The first kappa shape index (κ1) is 21.8. The minimum atomic E-state index is -0.427. The summed E-state index contributed by atoms with van der Waals surface area (Å²) in [5.74, 6) is 2.92. The van der Waals surface area contributed by atoms with Gasteiger partial charge in [-0.2, -0.15) is 5.10 Å². The van der Waals surface area contributed by atoms with Crippen molar-refractivity contribution in [3.8, 4) is 11.4 Å². The van der Waals surface area contributed by atoms with Crippen LogP contribution in [0.25, 0.3) is 11.4 Å². The molecule has 2 aliphatic heterocycles. The summed E-state index contributed by atoms with van der Waals surface area (Å²) in [5, 5.41) is 7.60. The summed E-state index contributed by atoms with van der Waals surface area (Å²) in [7, 11) is 0. The van der Waals surface area contributed by atoms with E-state index in [-0.39, 0.29) is 6.09 Å². The van der Waals surface area contributed by atoms with Crippen LogP contribution in [0.15, 0.2) is 30.3 Å². The number of aromatic nitrogens is 3. The molecule has 2 aliphatic rings. The molecular formula is C24H35N5O2. The van der Waals surface area contributed by atoms with Gasteiger partial charge in [-0.05, 0) is 65.5 Å². The van der Waals surface area contributed by atoms with Crippen molar-refractivity contribution in [1.29, 1.82) is 0 Å². The zero-order valence-electron chi connectivity index (χ0n) is 19.0. The Bertz CT molecular complexity index is 844. The molecule has 1 aromatic heterocycles. The minimum absolute atomic E-state index is 0.173. The van der Waals surface area contributed by atoms with Gasteiger partial charge in [-0.25, -0.2) is 9.78 Å². The van der Waals surface area contributed by atoms with E-state index in [1.165, 1.54) is 0 Å². The van der Waals surface area contributed by atoms with Crippen LogP contribution < -0.4 is 0 Å². The number of nitrogens with one attached hydrogen (secondary N) is 1. The van der Waals surface area contributed by atoms with Gasteiger partial charge in [-0.1, -0.05) is 30.3 Å². The van der Waals surface area contributed by atoms with Crippen LogP contribution in [0.1, 0.15) is 58.2 Å². The molecule has 0 bridgehead atoms. The summed E-state index contributed by atoms with van der Waals surface area (Å²) < 4.78 is 5.51. The fourth-order valence-corrected chi connectivity index (χ4v) is 4.55. The molecule has 3 heterocycles. The van der Waals surface area contributed by atoms with E-state index in [0.29, 0.717) is 11.8 Å². The Labute approximate surface area is 185 Å². The van der Waals surface area contributed by atoms with Gasteiger partial charge in [0.1, 0.15) is 11.4 Å². The summed E-state index contributed by atoms with van der Waals surface area (Å²) in [6.07, 6.45) is 4.16. The molecule has 0 spiro atoms. The summed E-state index contributed by atoms with van der Waals surface area (Å²) >= 11 is 0. The number of likely N-dealkylation sites (tertiary alicyclic amines) is 2. The maximum absolute atomic E-state index is 12.3. The van der Waals surface area contributed by atoms with Crippen molar-refractivity contribution in [1.82, 2.24) is 25.0 Å². The first-order valence-corrected chi connectivity index (χ1v) is 11.6. The van der Waals surface area contributed by atoms with Crippen LogP contribution >= 0.6 is 0 Å². The monoisotopic (exact) mass is 425 g/mol. The van der Waals surface area contributed by atoms with E-state index in [9.17, 15) is 4.79 Å². The van der Waals surface area contributed by atoms with Gasteiger partial charge in [0.25, 0.3) is 0 Å². The van der Waals surface area contributed by atoms with Crippen molar-refractivity contribution in [3.63, 3.8) is 0 Å². The molecule has 2 saturated heterocycles. The lowest BCUT2D eigenvalue weighted by molar-refractivity contribution is 0.0165. The number of carbonyl (C=O) groups excluding carboxylic acids is 1. The number of nitrogens with zero attached hydrogens (tertiary/aromatic N) is 4. The van der Waals surface area contributed by atoms with E-state index in [0.717, 1.165) is 75.6 Å². The molecule has 0 unspecified atom stereocenters. The van der Waals surface area contributed by atoms with E-state index in [4.69, 9.17) is 9.72 Å². The Hall–Kier alpha value is -2.41. The third kappa shape index (κ3) is 5.85. The van der Waals surface area contributed by atoms with Crippen LogP contribution in [0.5, 0.6) is 0 Å². The third-order valence-corrected chi connectivity index (χ3v) is 6.29. The zero-order valence-corrected chi connectivity index (χ0v) is 19.0. The predicted molar refractivity (Wildman–Crippen MR) is 121 cm³/mol. The van der Waals surface area contributed by atoms with E-state index in [1.807, 2.05) is 56.0 Å². The van der Waals surface area contributed by atoms with Gasteiger partial charge in [0.05, 0.1) is 0 Å². The number of piperidine rings is 2. The number of amides is 1. The Morgan fingerprint density at radius 3 is 2.39 bits per heavy atom. The summed E-state index contributed by atoms with van der Waals surface area (Å²) in [6, 6.07) is 10.1. The number of rotatable bonds is 4. The van der Waals surface area contributed by atoms with Gasteiger partial charge in [0.15, 0.2) is 5.82 Å². The lowest BCUT2D eigenvalue weighted by Crippen LogP contribution is -2.44. The van der Waals surface area contributed by atoms with Gasteiger partial charge in [0.2, 0.25) is 0 Å². The molecule has 168 valence electrons. The van der Waals surface area contributed by atoms with Crippen LogP contribution in [0.3, 0.4) is 0 Å². The topological polar surface area (TPSA) is 74.3 Å². The summed E-state index contributed by atoms with van der Waals surface area (Å²) in [6.45, 7) is 10.7. The minimum Gasteiger partial charge on any atom is -0.444 e. The molecule has 4 rings (SSSR count). The van der Waals surface area contributed by atoms with E-state index in [2.05, 4.69) is 15.1 Å². The normalized spacial score (nSPS) is 19.5. The number of hydrogen-bond donors (Lipinski definition) is 1. The maximum Gasteiger partial charge on any atom is 0.410 e. The lowest BCUT2D eigenvalue weighted by Gasteiger charge is -2.37. The van der Waals surface area contributed by atoms with E-state index in [1.54, 1.807) is 0 Å². The number of ether oxygens (including phenoxy) is 1. The number of benzene rings is 1. The van der Waals surface area contributed by atoms with Crippen molar-refractivity contribution in [2.24, 2.45) is 5.92 Å². The molecule has 1 N–H and O–H groups in total. The summed E-state index contributed by atoms with van der Waals surface area (Å²) in [4.78, 5) is 21.5. The first-order valence-electron chi connectivity index (χ1n) is 11.6. The molecule has 2 aromatic rings. The molecule has 0 radical (unpaired) electrons. The smallest absolute Gasteiger partial charge is 0.410 e. The molecule has 0 saturated carbocycles. The highest BCUT2D eigenvalue weighted by molar-refractivity contribution is 5.68. The summed E-state index contributed by atoms with van der Waals surface area (Å²) in [5.41, 5.74) is 0.629. The van der Waals surface area contributed by atoms with Crippen LogP contribution in [-0.2, 0) is 4.74 Å². The van der Waals surface area contributed by atoms with Gasteiger partial charge >= 0.3 is 6.09 Å². The van der Waals surface area contributed by atoms with Crippen molar-refractivity contribution < 1.29 is 9.53 Å². The SMILES string of the molecule is CC(C)(C)OC(=O)N1CCC(CN2CCC(c3nc(-c4ccccc4)n[nH]3)CC2)CC1. The van der Waals surface area contributed by atoms with Crippen LogP contribution in [0.4, 0.5) is 4.79 Å². The maximum atomic E-state index is 12.3. The molecular weight excluding hydrogens is 390 g/mol. The van der Waals surface area contributed by atoms with Crippen LogP contribution in [0, 0.1) is 5.92 Å². The Morgan fingerprint density at radius 1 is 1.06 bits per heavy atom. The second-order valence-corrected chi connectivity index (χ2v) is 9.90. The Balaban J connectivity index is 1.21. The highest BCUT2D eigenvalue weighted by Gasteiger charge is 2.29. The Kier molecular flexibility index (Phi) is 6.60. The molecule has 0 aliphatic carbocycles. The van der Waals surface area contributed by atoms with Crippen molar-refractivity contribution in [2.75, 3.05) is 32.7 Å². The lowest BCUT2D eigenvalue weighted by atomic mass is 9.92. The van der Waals surface area contributed by atoms with Crippen LogP contribution in [-0.4, -0.2) is 69.4 Å². The number of aromatic amines is 1. The van der Waals surface area contributed by atoms with Crippen LogP contribution in [0.2, 0.25) is 0 Å². The quantitative estimate of drug-likeness (QED) is 0.791. The van der Waals surface area contributed by atoms with Gasteiger partial charge in [-0.15, -0.1) is 0 Å². The average molecular weight is 426 g/mol. The van der Waals surface area contributed by atoms with Crippen molar-refractivity contribution in [2.45, 2.75) is 58.0 Å². The van der Waals surface area contributed by atoms with Crippen molar-refractivity contribution in [3.05, 3.63) is 36.2 Å². The van der Waals surface area contributed by atoms with Crippen molar-refractivity contribution >= 4 is 6.09 Å². The average Bonchev–Trinajstić information content (AvgIpc) is 3.25. The number of carbonyl (C=O) groups is 1. The largest absolute Gasteiger partial charge is 0.444 e. The fraction of sp³-hybridized carbons (Fsp3) is 0.625. The molecule has 7 nitrogen and oxygen atoms in total. The fourth-order valence-electron chi connectivity index (χ4n) is 4.55. The van der Waals surface area contributed by atoms with E-state index >= 15 is 0 Å². The van der Waals surface area contributed by atoms with Gasteiger partial charge in [-0.3, -0.25) is 5.10 Å². The molecule has 2 fully saturated rings.